The molecule has 0 unspecified atom stereocenters. The van der Waals surface area contributed by atoms with Crippen molar-refractivity contribution in [3.05, 3.63) is 51.8 Å². The van der Waals surface area contributed by atoms with Crippen molar-refractivity contribution in [3.63, 3.8) is 0 Å². The zero-order chi connectivity index (χ0) is 15.4. The Morgan fingerprint density at radius 3 is 2.43 bits per heavy atom. The van der Waals surface area contributed by atoms with E-state index in [1.807, 2.05) is 0 Å². The molecule has 0 fully saturated rings. The summed E-state index contributed by atoms with van der Waals surface area (Å²) in [6, 6.07) is 7.61. The second-order valence-electron chi connectivity index (χ2n) is 4.32. The maximum absolute atomic E-state index is 12.0. The van der Waals surface area contributed by atoms with Crippen molar-refractivity contribution >= 4 is 29.1 Å². The van der Waals surface area contributed by atoms with E-state index in [2.05, 4.69) is 9.97 Å². The highest BCUT2D eigenvalue weighted by Gasteiger charge is 2.09. The Morgan fingerprint density at radius 1 is 1.24 bits per heavy atom. The highest BCUT2D eigenvalue weighted by Crippen LogP contribution is 2.15. The fourth-order valence-electron chi connectivity index (χ4n) is 1.63. The van der Waals surface area contributed by atoms with Crippen LogP contribution in [0.3, 0.4) is 0 Å². The van der Waals surface area contributed by atoms with Gasteiger partial charge in [-0.15, -0.1) is 0 Å². The Hall–Kier alpha value is -2.41. The van der Waals surface area contributed by atoms with Crippen molar-refractivity contribution in [2.75, 3.05) is 11.5 Å². The maximum Gasteiger partial charge on any atom is 0.253 e. The highest BCUT2D eigenvalue weighted by atomic mass is 32.2. The predicted molar refractivity (Wildman–Crippen MR) is 80.8 cm³/mol. The van der Waals surface area contributed by atoms with Crippen LogP contribution in [-0.4, -0.2) is 27.3 Å². The molecule has 0 radical (unpaired) electrons. The molecular weight excluding hydrogens is 290 g/mol. The first-order valence-electron chi connectivity index (χ1n) is 6.09. The quantitative estimate of drug-likeness (QED) is 0.493. The van der Waals surface area contributed by atoms with Crippen molar-refractivity contribution in [3.8, 4) is 0 Å². The molecule has 1 aromatic carbocycles. The molecule has 0 aliphatic carbocycles. The van der Waals surface area contributed by atoms with Crippen LogP contribution >= 0.6 is 11.8 Å². The van der Waals surface area contributed by atoms with E-state index in [1.165, 1.54) is 13.0 Å². The second-order valence-corrected chi connectivity index (χ2v) is 5.28. The number of nitrogen functional groups attached to an aromatic ring is 1. The molecule has 108 valence electrons. The number of aromatic amines is 1. The summed E-state index contributed by atoms with van der Waals surface area (Å²) in [4.78, 5) is 40.8. The minimum absolute atomic E-state index is 0.0510. The minimum Gasteiger partial charge on any atom is -0.383 e. The van der Waals surface area contributed by atoms with Gasteiger partial charge in [0.2, 0.25) is 0 Å². The molecule has 0 saturated carbocycles. The first-order chi connectivity index (χ1) is 9.95. The Balaban J connectivity index is 2.04. The summed E-state index contributed by atoms with van der Waals surface area (Å²) in [6.45, 7) is 1.47. The number of nitrogens with two attached hydrogens (primary N) is 1. The Morgan fingerprint density at radius 2 is 1.86 bits per heavy atom. The van der Waals surface area contributed by atoms with Crippen molar-refractivity contribution in [2.24, 2.45) is 0 Å². The van der Waals surface area contributed by atoms with E-state index >= 15 is 0 Å². The molecule has 2 rings (SSSR count). The molecule has 21 heavy (non-hydrogen) atoms. The number of anilines is 1. The summed E-state index contributed by atoms with van der Waals surface area (Å²) in [5, 5.41) is 0.300. The molecule has 0 spiro atoms. The number of hydrogen-bond donors (Lipinski definition) is 2. The summed E-state index contributed by atoms with van der Waals surface area (Å²) >= 11 is 1.10. The maximum atomic E-state index is 12.0. The van der Waals surface area contributed by atoms with Gasteiger partial charge in [-0.05, 0) is 6.92 Å². The van der Waals surface area contributed by atoms with Crippen molar-refractivity contribution in [2.45, 2.75) is 12.1 Å². The van der Waals surface area contributed by atoms with Gasteiger partial charge in [0.05, 0.1) is 5.75 Å². The standard InChI is InChI=1S/C14H13N3O3S/c1-8(18)9-2-4-10(5-3-9)11(19)7-21-14-16-12(15)6-13(20)17-14/h2-6H,7H2,1H3,(H3,15,16,17,20). The number of carbonyl (C=O) groups is 2. The van der Waals surface area contributed by atoms with Gasteiger partial charge in [-0.2, -0.15) is 0 Å². The molecule has 3 N–H and O–H groups in total. The number of nitrogens with zero attached hydrogens (tertiary/aromatic N) is 1. The lowest BCUT2D eigenvalue weighted by Gasteiger charge is -2.02. The van der Waals surface area contributed by atoms with Crippen LogP contribution in [0, 0.1) is 0 Å². The third-order valence-corrected chi connectivity index (χ3v) is 3.57. The lowest BCUT2D eigenvalue weighted by atomic mass is 10.1. The molecule has 0 bridgehead atoms. The fraction of sp³-hybridized carbons (Fsp3) is 0.143. The van der Waals surface area contributed by atoms with Gasteiger partial charge >= 0.3 is 0 Å². The monoisotopic (exact) mass is 303 g/mol. The van der Waals surface area contributed by atoms with Crippen LogP contribution in [0.5, 0.6) is 0 Å². The Kier molecular flexibility index (Phi) is 4.54. The highest BCUT2D eigenvalue weighted by molar-refractivity contribution is 7.99. The summed E-state index contributed by atoms with van der Waals surface area (Å²) in [5.74, 6) is 0.0517. The van der Waals surface area contributed by atoms with Crippen molar-refractivity contribution < 1.29 is 9.59 Å². The number of aromatic nitrogens is 2. The number of carbonyl (C=O) groups excluding carboxylic acids is 2. The molecule has 0 aliphatic heterocycles. The van der Waals surface area contributed by atoms with Crippen LogP contribution in [0.2, 0.25) is 0 Å². The first kappa shape index (κ1) is 15.0. The van der Waals surface area contributed by atoms with Gasteiger partial charge in [0.1, 0.15) is 5.82 Å². The Bertz CT molecular complexity index is 738. The van der Waals surface area contributed by atoms with Crippen LogP contribution < -0.4 is 11.3 Å². The average molecular weight is 303 g/mol. The SMILES string of the molecule is CC(=O)c1ccc(C(=O)CSc2nc(N)cc(=O)[nH]2)cc1. The van der Waals surface area contributed by atoms with E-state index in [0.29, 0.717) is 16.3 Å². The number of hydrogen-bond acceptors (Lipinski definition) is 6. The molecule has 6 nitrogen and oxygen atoms in total. The van der Waals surface area contributed by atoms with Gasteiger partial charge in [-0.25, -0.2) is 4.98 Å². The van der Waals surface area contributed by atoms with Crippen LogP contribution in [0.15, 0.2) is 40.3 Å². The number of H-pyrrole nitrogens is 1. The number of rotatable bonds is 5. The smallest absolute Gasteiger partial charge is 0.253 e. The van der Waals surface area contributed by atoms with Gasteiger partial charge in [-0.3, -0.25) is 14.4 Å². The van der Waals surface area contributed by atoms with Crippen molar-refractivity contribution in [1.29, 1.82) is 0 Å². The largest absolute Gasteiger partial charge is 0.383 e. The zero-order valence-electron chi connectivity index (χ0n) is 11.3. The fourth-order valence-corrected chi connectivity index (χ4v) is 2.41. The molecule has 0 aliphatic rings. The van der Waals surface area contributed by atoms with Gasteiger partial charge in [-0.1, -0.05) is 36.0 Å². The minimum atomic E-state index is -0.358. The molecule has 2 aromatic rings. The van der Waals surface area contributed by atoms with Crippen LogP contribution in [-0.2, 0) is 0 Å². The van der Waals surface area contributed by atoms with Crippen LogP contribution in [0.4, 0.5) is 5.82 Å². The van der Waals surface area contributed by atoms with Gasteiger partial charge < -0.3 is 10.7 Å². The number of benzene rings is 1. The third-order valence-electron chi connectivity index (χ3n) is 2.69. The molecule has 0 amide bonds. The normalized spacial score (nSPS) is 10.3. The number of ketones is 2. The summed E-state index contributed by atoms with van der Waals surface area (Å²) in [7, 11) is 0. The zero-order valence-corrected chi connectivity index (χ0v) is 12.1. The number of nitrogens with one attached hydrogen (secondary N) is 1. The van der Waals surface area contributed by atoms with E-state index < -0.39 is 0 Å². The molecular formula is C14H13N3O3S. The number of Topliss-reactive ketones (excluding diaryl/α,β-unsaturated/α-hetero) is 2. The lowest BCUT2D eigenvalue weighted by molar-refractivity contribution is 0.100. The van der Waals surface area contributed by atoms with Gasteiger partial charge in [0, 0.05) is 17.2 Å². The summed E-state index contributed by atoms with van der Waals surface area (Å²) in [6.07, 6.45) is 0. The third kappa shape index (κ3) is 4.03. The van der Waals surface area contributed by atoms with E-state index in [9.17, 15) is 14.4 Å². The Labute approximate surface area is 124 Å². The average Bonchev–Trinajstić information content (AvgIpc) is 2.44. The van der Waals surface area contributed by atoms with Crippen molar-refractivity contribution in [1.82, 2.24) is 9.97 Å². The lowest BCUT2D eigenvalue weighted by Crippen LogP contribution is -2.11. The van der Waals surface area contributed by atoms with E-state index in [1.54, 1.807) is 24.3 Å². The summed E-state index contributed by atoms with van der Waals surface area (Å²) in [5.41, 5.74) is 6.16. The van der Waals surface area contributed by atoms with E-state index in [0.717, 1.165) is 11.8 Å². The topological polar surface area (TPSA) is 106 Å². The molecule has 7 heteroatoms. The molecule has 1 heterocycles. The van der Waals surface area contributed by atoms with E-state index in [4.69, 9.17) is 5.73 Å². The van der Waals surface area contributed by atoms with Gasteiger partial charge in [0.25, 0.3) is 5.56 Å². The van der Waals surface area contributed by atoms with Crippen LogP contribution in [0.25, 0.3) is 0 Å². The van der Waals surface area contributed by atoms with Gasteiger partial charge in [0.15, 0.2) is 16.7 Å². The summed E-state index contributed by atoms with van der Waals surface area (Å²) < 4.78 is 0. The van der Waals surface area contributed by atoms with Crippen LogP contribution in [0.1, 0.15) is 27.6 Å². The van der Waals surface area contributed by atoms with E-state index in [-0.39, 0.29) is 28.7 Å². The molecule has 0 saturated heterocycles. The number of thioether (sulfide) groups is 1. The molecule has 0 atom stereocenters. The molecule has 1 aromatic heterocycles. The second kappa shape index (κ2) is 6.36. The predicted octanol–water partition coefficient (Wildman–Crippen LogP) is 1.53. The first-order valence-corrected chi connectivity index (χ1v) is 7.08.